The predicted octanol–water partition coefficient (Wildman–Crippen LogP) is 29.2. The highest BCUT2D eigenvalue weighted by Crippen LogP contribution is 2.21. The normalized spacial score (nSPS) is 12.5. The molecule has 0 aliphatic carbocycles. The zero-order chi connectivity index (χ0) is 67.7. The van der Waals surface area contributed by atoms with E-state index in [0.717, 1.165) is 38.5 Å². The van der Waals surface area contributed by atoms with Gasteiger partial charge in [-0.25, -0.2) is 0 Å². The van der Waals surface area contributed by atoms with Crippen molar-refractivity contribution in [2.24, 2.45) is 0 Å². The molecular formula is C88H171NO5. The van der Waals surface area contributed by atoms with Crippen molar-refractivity contribution < 1.29 is 24.5 Å². The summed E-state index contributed by atoms with van der Waals surface area (Å²) in [5.41, 5.74) is 0. The SMILES string of the molecule is CCCCCCCCC/C=C\CCCCCCCCCC(=O)OCCCCCCCCCCCCCCCCCCCCCCCCCCCCCCCCCCCCCCCCCC(=O)NC(CO)C(O)/C=C/CCCCCCCCCCCCCCCCCCCC. The molecule has 0 saturated heterocycles. The maximum atomic E-state index is 12.5. The second-order valence-corrected chi connectivity index (χ2v) is 30.2. The number of rotatable bonds is 83. The highest BCUT2D eigenvalue weighted by molar-refractivity contribution is 5.76. The minimum Gasteiger partial charge on any atom is -0.466 e. The lowest BCUT2D eigenvalue weighted by Gasteiger charge is -2.20. The molecule has 0 saturated carbocycles. The van der Waals surface area contributed by atoms with Crippen LogP contribution >= 0.6 is 0 Å². The van der Waals surface area contributed by atoms with Crippen LogP contribution in [0.2, 0.25) is 0 Å². The zero-order valence-electron chi connectivity index (χ0n) is 64.2. The Kier molecular flexibility index (Phi) is 82.3. The number of carbonyl (C=O) groups is 2. The smallest absolute Gasteiger partial charge is 0.305 e. The first-order valence-electron chi connectivity index (χ1n) is 43.6. The van der Waals surface area contributed by atoms with E-state index in [9.17, 15) is 19.8 Å². The third-order valence-corrected chi connectivity index (χ3v) is 20.7. The molecule has 0 aromatic heterocycles. The lowest BCUT2D eigenvalue weighted by Crippen LogP contribution is -2.45. The van der Waals surface area contributed by atoms with Gasteiger partial charge in [0.2, 0.25) is 5.91 Å². The fourth-order valence-electron chi connectivity index (χ4n) is 14.1. The van der Waals surface area contributed by atoms with Crippen LogP contribution in [0.4, 0.5) is 0 Å². The Bertz CT molecular complexity index is 1480. The van der Waals surface area contributed by atoms with Crippen molar-refractivity contribution in [1.82, 2.24) is 5.32 Å². The van der Waals surface area contributed by atoms with Crippen molar-refractivity contribution in [2.75, 3.05) is 13.2 Å². The number of ether oxygens (including phenoxy) is 1. The van der Waals surface area contributed by atoms with Gasteiger partial charge in [-0.2, -0.15) is 0 Å². The number of hydrogen-bond donors (Lipinski definition) is 3. The first-order valence-corrected chi connectivity index (χ1v) is 43.6. The molecule has 6 nitrogen and oxygen atoms in total. The van der Waals surface area contributed by atoms with Crippen molar-refractivity contribution >= 4 is 11.9 Å². The Balaban J connectivity index is 3.30. The summed E-state index contributed by atoms with van der Waals surface area (Å²) in [6.07, 6.45) is 109. The topological polar surface area (TPSA) is 95.9 Å². The minimum absolute atomic E-state index is 0.0221. The van der Waals surface area contributed by atoms with Crippen LogP contribution in [-0.4, -0.2) is 47.4 Å². The van der Waals surface area contributed by atoms with Crippen molar-refractivity contribution in [2.45, 2.75) is 514 Å². The lowest BCUT2D eigenvalue weighted by molar-refractivity contribution is -0.143. The zero-order valence-corrected chi connectivity index (χ0v) is 64.2. The van der Waals surface area contributed by atoms with Gasteiger partial charge in [0.05, 0.1) is 25.4 Å². The molecule has 1 amide bonds. The van der Waals surface area contributed by atoms with Gasteiger partial charge >= 0.3 is 5.97 Å². The van der Waals surface area contributed by atoms with Gasteiger partial charge in [-0.3, -0.25) is 9.59 Å². The lowest BCUT2D eigenvalue weighted by atomic mass is 10.0. The van der Waals surface area contributed by atoms with Gasteiger partial charge in [-0.1, -0.05) is 456 Å². The highest BCUT2D eigenvalue weighted by Gasteiger charge is 2.18. The van der Waals surface area contributed by atoms with Gasteiger partial charge in [-0.15, -0.1) is 0 Å². The first-order chi connectivity index (χ1) is 46.5. The van der Waals surface area contributed by atoms with E-state index in [-0.39, 0.29) is 18.5 Å². The van der Waals surface area contributed by atoms with Crippen LogP contribution in [0.25, 0.3) is 0 Å². The Labute approximate surface area is 590 Å². The summed E-state index contributed by atoms with van der Waals surface area (Å²) in [4.78, 5) is 24.7. The summed E-state index contributed by atoms with van der Waals surface area (Å²) in [5.74, 6) is -0.0346. The maximum Gasteiger partial charge on any atom is 0.305 e. The van der Waals surface area contributed by atoms with Crippen LogP contribution in [0.15, 0.2) is 24.3 Å². The number of allylic oxidation sites excluding steroid dienone is 3. The van der Waals surface area contributed by atoms with Crippen molar-refractivity contribution in [1.29, 1.82) is 0 Å². The monoisotopic (exact) mass is 1320 g/mol. The van der Waals surface area contributed by atoms with Crippen molar-refractivity contribution in [3.05, 3.63) is 24.3 Å². The number of amides is 1. The molecule has 94 heavy (non-hydrogen) atoms. The molecule has 0 heterocycles. The van der Waals surface area contributed by atoms with Crippen LogP contribution in [0.5, 0.6) is 0 Å². The fraction of sp³-hybridized carbons (Fsp3) is 0.932. The molecule has 0 fully saturated rings. The molecule has 558 valence electrons. The number of hydrogen-bond acceptors (Lipinski definition) is 5. The Hall–Kier alpha value is -1.66. The average molecular weight is 1320 g/mol. The van der Waals surface area contributed by atoms with Crippen molar-refractivity contribution in [3.8, 4) is 0 Å². The van der Waals surface area contributed by atoms with Crippen molar-refractivity contribution in [3.63, 3.8) is 0 Å². The number of aliphatic hydroxyl groups is 2. The third kappa shape index (κ3) is 79.3. The number of carbonyl (C=O) groups excluding carboxylic acids is 2. The van der Waals surface area contributed by atoms with E-state index in [4.69, 9.17) is 4.74 Å². The molecular weight excluding hydrogens is 1150 g/mol. The van der Waals surface area contributed by atoms with Gasteiger partial charge in [0.1, 0.15) is 0 Å². The summed E-state index contributed by atoms with van der Waals surface area (Å²) in [6, 6.07) is -0.624. The van der Waals surface area contributed by atoms with E-state index in [1.807, 2.05) is 6.08 Å². The van der Waals surface area contributed by atoms with E-state index in [1.54, 1.807) is 6.08 Å². The summed E-state index contributed by atoms with van der Waals surface area (Å²) >= 11 is 0. The molecule has 6 heteroatoms. The van der Waals surface area contributed by atoms with Gasteiger partial charge < -0.3 is 20.3 Å². The van der Waals surface area contributed by atoms with E-state index in [1.165, 1.54) is 437 Å². The van der Waals surface area contributed by atoms with Gasteiger partial charge in [0.15, 0.2) is 0 Å². The number of unbranched alkanes of at least 4 members (excludes halogenated alkanes) is 70. The van der Waals surface area contributed by atoms with E-state index in [2.05, 4.69) is 31.3 Å². The Morgan fingerprint density at radius 1 is 0.287 bits per heavy atom. The Morgan fingerprint density at radius 2 is 0.500 bits per heavy atom. The molecule has 0 aliphatic heterocycles. The van der Waals surface area contributed by atoms with Gasteiger partial charge in [0.25, 0.3) is 0 Å². The molecule has 0 radical (unpaired) electrons. The summed E-state index contributed by atoms with van der Waals surface area (Å²) in [7, 11) is 0. The highest BCUT2D eigenvalue weighted by atomic mass is 16.5. The van der Waals surface area contributed by atoms with Gasteiger partial charge in [0, 0.05) is 12.8 Å². The fourth-order valence-corrected chi connectivity index (χ4v) is 14.1. The molecule has 0 rings (SSSR count). The van der Waals surface area contributed by atoms with Crippen LogP contribution in [-0.2, 0) is 14.3 Å². The standard InChI is InChI=1S/C88H171NO5/c1-3-5-7-9-11-13-15-17-19-21-23-45-48-52-56-60-64-68-72-76-80-86(91)85(84-90)89-87(92)81-77-73-69-65-61-57-53-49-46-43-41-39-37-35-33-31-29-27-25-24-26-28-30-32-34-36-38-40-42-44-47-51-55-59-63-67-71-75-79-83-94-88(93)82-78-74-70-66-62-58-54-50-22-20-18-16-14-12-10-8-6-4-2/h20,22,76,80,85-86,90-91H,3-19,21,23-75,77-79,81-84H2,1-2H3,(H,89,92)/b22-20-,80-76+. The van der Waals surface area contributed by atoms with E-state index in [0.29, 0.717) is 19.4 Å². The second kappa shape index (κ2) is 83.8. The summed E-state index contributed by atoms with van der Waals surface area (Å²) < 4.78 is 5.52. The molecule has 2 unspecified atom stereocenters. The molecule has 0 bridgehead atoms. The largest absolute Gasteiger partial charge is 0.466 e. The maximum absolute atomic E-state index is 12.5. The van der Waals surface area contributed by atoms with Crippen LogP contribution < -0.4 is 5.32 Å². The third-order valence-electron chi connectivity index (χ3n) is 20.7. The number of aliphatic hydroxyl groups excluding tert-OH is 2. The molecule has 0 aromatic rings. The predicted molar refractivity (Wildman–Crippen MR) is 417 cm³/mol. The molecule has 2 atom stereocenters. The molecule has 0 spiro atoms. The first kappa shape index (κ1) is 92.3. The molecule has 3 N–H and O–H groups in total. The number of nitrogens with one attached hydrogen (secondary N) is 1. The number of esters is 1. The Morgan fingerprint density at radius 3 is 0.755 bits per heavy atom. The minimum atomic E-state index is -0.841. The second-order valence-electron chi connectivity index (χ2n) is 30.2. The van der Waals surface area contributed by atoms with E-state index >= 15 is 0 Å². The quantitative estimate of drug-likeness (QED) is 0.0320. The van der Waals surface area contributed by atoms with E-state index < -0.39 is 12.1 Å². The molecule has 0 aromatic carbocycles. The summed E-state index contributed by atoms with van der Waals surface area (Å²) in [5, 5.41) is 23.3. The average Bonchev–Trinajstić information content (AvgIpc) is 3.37. The van der Waals surface area contributed by atoms with Crippen LogP contribution in [0.1, 0.15) is 502 Å². The summed E-state index contributed by atoms with van der Waals surface area (Å²) in [6.45, 7) is 4.96. The molecule has 0 aliphatic rings. The van der Waals surface area contributed by atoms with Crippen LogP contribution in [0, 0.1) is 0 Å². The van der Waals surface area contributed by atoms with Crippen LogP contribution in [0.3, 0.4) is 0 Å². The van der Waals surface area contributed by atoms with Gasteiger partial charge in [-0.05, 0) is 57.8 Å².